The fourth-order valence-corrected chi connectivity index (χ4v) is 1.72. The molecule has 0 aliphatic rings. The third kappa shape index (κ3) is 2.32. The average molecular weight is 246 g/mol. The van der Waals surface area contributed by atoms with Crippen molar-refractivity contribution >= 4 is 11.7 Å². The molecule has 0 radical (unpaired) electrons. The lowest BCUT2D eigenvalue weighted by Gasteiger charge is -2.20. The molecule has 0 fully saturated rings. The van der Waals surface area contributed by atoms with Gasteiger partial charge in [0.15, 0.2) is 5.69 Å². The molecule has 18 heavy (non-hydrogen) atoms. The summed E-state index contributed by atoms with van der Waals surface area (Å²) in [6.07, 6.45) is 5.04. The lowest BCUT2D eigenvalue weighted by molar-refractivity contribution is 0.0691. The highest BCUT2D eigenvalue weighted by Crippen LogP contribution is 2.18. The fourth-order valence-electron chi connectivity index (χ4n) is 1.72. The number of anilines is 1. The van der Waals surface area contributed by atoms with E-state index >= 15 is 0 Å². The Labute approximate surface area is 105 Å². The lowest BCUT2D eigenvalue weighted by Crippen LogP contribution is -2.22. The first kappa shape index (κ1) is 12.1. The summed E-state index contributed by atoms with van der Waals surface area (Å²) >= 11 is 0. The Morgan fingerprint density at radius 3 is 2.83 bits per heavy atom. The first-order chi connectivity index (χ1) is 8.59. The molecule has 1 N–H and O–H groups in total. The van der Waals surface area contributed by atoms with E-state index in [1.165, 1.54) is 6.20 Å². The molecule has 0 amide bonds. The number of aryl methyl sites for hydroxylation is 1. The van der Waals surface area contributed by atoms with Crippen LogP contribution in [0.25, 0.3) is 0 Å². The fraction of sp³-hybridized carbons (Fsp3) is 0.250. The Bertz CT molecular complexity index is 565. The number of hydrogen-bond donors (Lipinski definition) is 1. The summed E-state index contributed by atoms with van der Waals surface area (Å²) in [4.78, 5) is 21.0. The van der Waals surface area contributed by atoms with Crippen molar-refractivity contribution in [1.82, 2.24) is 14.5 Å². The first-order valence-corrected chi connectivity index (χ1v) is 5.45. The Morgan fingerprint density at radius 2 is 2.22 bits per heavy atom. The van der Waals surface area contributed by atoms with E-state index in [0.29, 0.717) is 12.2 Å². The number of aromatic carboxylic acids is 1. The zero-order chi connectivity index (χ0) is 13.1. The van der Waals surface area contributed by atoms with Crippen LogP contribution in [0.1, 0.15) is 16.3 Å². The van der Waals surface area contributed by atoms with E-state index in [0.717, 1.165) is 5.82 Å². The highest BCUT2D eigenvalue weighted by atomic mass is 16.4. The van der Waals surface area contributed by atoms with Crippen LogP contribution in [0.2, 0.25) is 0 Å². The van der Waals surface area contributed by atoms with Gasteiger partial charge in [0.05, 0.1) is 12.2 Å². The Hall–Kier alpha value is -2.37. The van der Waals surface area contributed by atoms with Crippen molar-refractivity contribution in [2.75, 3.05) is 11.9 Å². The van der Waals surface area contributed by atoms with Gasteiger partial charge in [0, 0.05) is 32.7 Å². The van der Waals surface area contributed by atoms with Gasteiger partial charge in [0.2, 0.25) is 0 Å². The molecule has 2 rings (SSSR count). The summed E-state index contributed by atoms with van der Waals surface area (Å²) < 4.78 is 1.90. The van der Waals surface area contributed by atoms with E-state index in [1.54, 1.807) is 18.3 Å². The van der Waals surface area contributed by atoms with Gasteiger partial charge in [-0.05, 0) is 12.1 Å². The molecule has 2 heterocycles. The van der Waals surface area contributed by atoms with Gasteiger partial charge in [-0.1, -0.05) is 0 Å². The number of aromatic nitrogens is 3. The summed E-state index contributed by atoms with van der Waals surface area (Å²) in [6, 6.07) is 3.45. The van der Waals surface area contributed by atoms with Gasteiger partial charge in [0.1, 0.15) is 5.82 Å². The van der Waals surface area contributed by atoms with Crippen molar-refractivity contribution in [2.45, 2.75) is 6.54 Å². The van der Waals surface area contributed by atoms with Gasteiger partial charge in [-0.25, -0.2) is 14.8 Å². The predicted molar refractivity (Wildman–Crippen MR) is 66.5 cm³/mol. The summed E-state index contributed by atoms with van der Waals surface area (Å²) in [6.45, 7) is 0.523. The monoisotopic (exact) mass is 246 g/mol. The molecule has 2 aromatic rings. The van der Waals surface area contributed by atoms with E-state index in [9.17, 15) is 4.79 Å². The Balaban J connectivity index is 2.26. The van der Waals surface area contributed by atoms with Crippen molar-refractivity contribution in [3.8, 4) is 0 Å². The standard InChI is InChI=1S/C12H14N4O2/c1-15-7-6-13-10(15)8-16(2)9-4-3-5-14-11(9)12(17)18/h3-7H,8H2,1-2H3,(H,17,18). The predicted octanol–water partition coefficient (Wildman–Crippen LogP) is 1.15. The first-order valence-electron chi connectivity index (χ1n) is 5.45. The van der Waals surface area contributed by atoms with E-state index in [-0.39, 0.29) is 5.69 Å². The maximum absolute atomic E-state index is 11.1. The van der Waals surface area contributed by atoms with Crippen molar-refractivity contribution < 1.29 is 9.90 Å². The van der Waals surface area contributed by atoms with Crippen molar-refractivity contribution in [3.63, 3.8) is 0 Å². The lowest BCUT2D eigenvalue weighted by atomic mass is 10.2. The minimum atomic E-state index is -1.03. The topological polar surface area (TPSA) is 71.2 Å². The Kier molecular flexibility index (Phi) is 3.27. The van der Waals surface area contributed by atoms with Gasteiger partial charge in [-0.15, -0.1) is 0 Å². The van der Waals surface area contributed by atoms with Crippen LogP contribution in [-0.2, 0) is 13.6 Å². The molecular formula is C12H14N4O2. The van der Waals surface area contributed by atoms with Gasteiger partial charge < -0.3 is 14.6 Å². The second kappa shape index (κ2) is 4.87. The molecule has 0 aliphatic heterocycles. The third-order valence-corrected chi connectivity index (χ3v) is 2.70. The van der Waals surface area contributed by atoms with Crippen LogP contribution in [0.15, 0.2) is 30.7 Å². The van der Waals surface area contributed by atoms with Crippen molar-refractivity contribution in [2.24, 2.45) is 7.05 Å². The summed E-state index contributed by atoms with van der Waals surface area (Å²) in [5.74, 6) is -0.171. The number of carboxylic acid groups (broad SMARTS) is 1. The molecule has 0 unspecified atom stereocenters. The molecule has 0 spiro atoms. The van der Waals surface area contributed by atoms with E-state index in [2.05, 4.69) is 9.97 Å². The maximum Gasteiger partial charge on any atom is 0.356 e. The van der Waals surface area contributed by atoms with Gasteiger partial charge in [-0.2, -0.15) is 0 Å². The van der Waals surface area contributed by atoms with E-state index < -0.39 is 5.97 Å². The molecule has 2 aromatic heterocycles. The zero-order valence-electron chi connectivity index (χ0n) is 10.2. The Morgan fingerprint density at radius 1 is 1.44 bits per heavy atom. The number of rotatable bonds is 4. The smallest absolute Gasteiger partial charge is 0.356 e. The largest absolute Gasteiger partial charge is 0.476 e. The third-order valence-electron chi connectivity index (χ3n) is 2.70. The zero-order valence-corrected chi connectivity index (χ0v) is 10.2. The number of pyridine rings is 1. The molecule has 0 saturated carbocycles. The molecule has 94 valence electrons. The maximum atomic E-state index is 11.1. The van der Waals surface area contributed by atoms with Crippen LogP contribution >= 0.6 is 0 Å². The van der Waals surface area contributed by atoms with Crippen LogP contribution in [0, 0.1) is 0 Å². The van der Waals surface area contributed by atoms with Gasteiger partial charge in [-0.3, -0.25) is 0 Å². The number of nitrogens with zero attached hydrogens (tertiary/aromatic N) is 4. The highest BCUT2D eigenvalue weighted by Gasteiger charge is 2.15. The van der Waals surface area contributed by atoms with Gasteiger partial charge in [0.25, 0.3) is 0 Å². The van der Waals surface area contributed by atoms with Crippen LogP contribution in [-0.4, -0.2) is 32.7 Å². The minimum Gasteiger partial charge on any atom is -0.476 e. The number of hydrogen-bond acceptors (Lipinski definition) is 4. The van der Waals surface area contributed by atoms with Crippen molar-refractivity contribution in [3.05, 3.63) is 42.2 Å². The number of carbonyl (C=O) groups is 1. The van der Waals surface area contributed by atoms with Crippen LogP contribution in [0.4, 0.5) is 5.69 Å². The molecule has 6 heteroatoms. The van der Waals surface area contributed by atoms with Crippen LogP contribution in [0.3, 0.4) is 0 Å². The number of carboxylic acids is 1. The summed E-state index contributed by atoms with van der Waals surface area (Å²) in [5.41, 5.74) is 0.627. The van der Waals surface area contributed by atoms with Crippen LogP contribution < -0.4 is 4.90 Å². The minimum absolute atomic E-state index is 0.0502. The SMILES string of the molecule is CN(Cc1nccn1C)c1cccnc1C(=O)O. The second-order valence-corrected chi connectivity index (χ2v) is 3.99. The van der Waals surface area contributed by atoms with Gasteiger partial charge >= 0.3 is 5.97 Å². The molecule has 0 aliphatic carbocycles. The summed E-state index contributed by atoms with van der Waals surface area (Å²) in [5, 5.41) is 9.09. The molecule has 6 nitrogen and oxygen atoms in total. The quantitative estimate of drug-likeness (QED) is 0.876. The number of imidazole rings is 1. The molecule has 0 saturated heterocycles. The molecular weight excluding hydrogens is 232 g/mol. The molecule has 0 aromatic carbocycles. The van der Waals surface area contributed by atoms with Crippen LogP contribution in [0.5, 0.6) is 0 Å². The summed E-state index contributed by atoms with van der Waals surface area (Å²) in [7, 11) is 3.72. The van der Waals surface area contributed by atoms with E-state index in [4.69, 9.17) is 5.11 Å². The molecule has 0 atom stereocenters. The van der Waals surface area contributed by atoms with E-state index in [1.807, 2.05) is 29.8 Å². The average Bonchev–Trinajstić information content (AvgIpc) is 2.75. The highest BCUT2D eigenvalue weighted by molar-refractivity contribution is 5.92. The normalized spacial score (nSPS) is 10.3. The second-order valence-electron chi connectivity index (χ2n) is 3.99. The van der Waals surface area contributed by atoms with Crippen molar-refractivity contribution in [1.29, 1.82) is 0 Å². The molecule has 0 bridgehead atoms.